The van der Waals surface area contributed by atoms with E-state index in [9.17, 15) is 19.2 Å². The van der Waals surface area contributed by atoms with Crippen molar-refractivity contribution in [3.05, 3.63) is 117 Å². The molecule has 4 N–H and O–H groups in total. The number of carboxylic acid groups (broad SMARTS) is 1. The standard InChI is InChI=1S/C21H24N6O3.C15H21N5O2.C6H5NO2/c1-13-11-26(21(29)16-4-2-3-7-22-16)12-15(13)18-24-20(28)17-10-23-19(27(17)25-18)14-5-8-30-9-6-14;1-9-6-16-7-11(9)13-18-15(21)12-8-17-14(20(12)19-13)10-2-4-22-5-3-10;8-6(9)5-3-1-2-4-7-5/h2-4,7,10,13-15H,5-6,8-9,11-12H2,1H3,(H,24,25,28);8-11,16H,2-7H2,1H3,(H,18,19,21);1-4H,(H,8,9). The lowest BCUT2D eigenvalue weighted by molar-refractivity contribution is 0.0689. The number of nitrogens with one attached hydrogen (secondary N) is 3. The van der Waals surface area contributed by atoms with Crippen LogP contribution in [0, 0.1) is 11.8 Å². The van der Waals surface area contributed by atoms with Gasteiger partial charge in [0.1, 0.15) is 34.7 Å². The van der Waals surface area contributed by atoms with Crippen LogP contribution in [0.25, 0.3) is 11.0 Å². The van der Waals surface area contributed by atoms with Gasteiger partial charge in [-0.1, -0.05) is 26.0 Å². The minimum atomic E-state index is -0.990. The number of ether oxygens (including phenoxy) is 2. The highest BCUT2D eigenvalue weighted by Gasteiger charge is 2.37. The van der Waals surface area contributed by atoms with Crippen LogP contribution in [0.2, 0.25) is 0 Å². The van der Waals surface area contributed by atoms with Gasteiger partial charge in [0, 0.05) is 82.1 Å². The molecule has 4 atom stereocenters. The fourth-order valence-corrected chi connectivity index (χ4v) is 8.47. The van der Waals surface area contributed by atoms with E-state index in [1.807, 2.05) is 0 Å². The topological polar surface area (TPSA) is 240 Å². The Morgan fingerprint density at radius 3 is 1.66 bits per heavy atom. The first-order valence-corrected chi connectivity index (χ1v) is 20.8. The Morgan fingerprint density at radius 2 is 1.20 bits per heavy atom. The molecule has 320 valence electrons. The fraction of sp³-hybridized carbons (Fsp3) is 0.476. The monoisotopic (exact) mass is 834 g/mol. The molecule has 4 unspecified atom stereocenters. The summed E-state index contributed by atoms with van der Waals surface area (Å²) >= 11 is 0. The molecule has 4 fully saturated rings. The summed E-state index contributed by atoms with van der Waals surface area (Å²) in [6, 6.07) is 10.1. The zero-order valence-electron chi connectivity index (χ0n) is 34.1. The molecular weight excluding hydrogens is 785 g/mol. The Labute approximate surface area is 350 Å². The van der Waals surface area contributed by atoms with Crippen molar-refractivity contribution in [3.63, 3.8) is 0 Å². The van der Waals surface area contributed by atoms with Crippen LogP contribution in [0.5, 0.6) is 0 Å². The second-order valence-electron chi connectivity index (χ2n) is 16.0. The summed E-state index contributed by atoms with van der Waals surface area (Å²) in [6.45, 7) is 10.1. The van der Waals surface area contributed by atoms with Crippen molar-refractivity contribution in [1.82, 2.24) is 59.3 Å². The SMILES string of the molecule is CC1CN(C(=O)c2ccccn2)CC1c1nn2c(C3CCOCC3)ncc2c(=O)[nH]1.CC1CNCC1c1nn2c(C3CCOCC3)ncc2c(=O)[nH]1.O=C(O)c1ccccn1. The van der Waals surface area contributed by atoms with E-state index in [1.165, 1.54) is 12.3 Å². The first kappa shape index (κ1) is 41.5. The van der Waals surface area contributed by atoms with Crippen molar-refractivity contribution < 1.29 is 24.2 Å². The molecule has 1 amide bonds. The zero-order chi connectivity index (χ0) is 42.5. The quantitative estimate of drug-likeness (QED) is 0.189. The molecule has 10 heterocycles. The summed E-state index contributed by atoms with van der Waals surface area (Å²) in [5.41, 5.74) is 1.19. The van der Waals surface area contributed by atoms with Crippen molar-refractivity contribution in [2.75, 3.05) is 52.6 Å². The van der Waals surface area contributed by atoms with Crippen LogP contribution < -0.4 is 16.4 Å². The molecule has 4 aliphatic rings. The Balaban J connectivity index is 0.000000144. The maximum absolute atomic E-state index is 12.8. The van der Waals surface area contributed by atoms with Gasteiger partial charge in [0.2, 0.25) is 0 Å². The van der Waals surface area contributed by atoms with E-state index in [0.717, 1.165) is 69.5 Å². The van der Waals surface area contributed by atoms with Gasteiger partial charge in [-0.05, 0) is 68.3 Å². The molecule has 0 radical (unpaired) electrons. The number of aromatic amines is 2. The third-order valence-electron chi connectivity index (χ3n) is 12.0. The number of H-pyrrole nitrogens is 2. The van der Waals surface area contributed by atoms with Gasteiger partial charge in [-0.15, -0.1) is 0 Å². The minimum Gasteiger partial charge on any atom is -0.477 e. The summed E-state index contributed by atoms with van der Waals surface area (Å²) in [7, 11) is 0. The molecule has 6 aromatic heterocycles. The van der Waals surface area contributed by atoms with Crippen LogP contribution in [-0.4, -0.2) is 124 Å². The normalized spacial score (nSPS) is 22.1. The molecular formula is C42H50N12O7. The maximum atomic E-state index is 12.8. The Bertz CT molecular complexity index is 2560. The fourth-order valence-electron chi connectivity index (χ4n) is 8.47. The summed E-state index contributed by atoms with van der Waals surface area (Å²) in [5, 5.41) is 21.2. The molecule has 0 spiro atoms. The minimum absolute atomic E-state index is 0.0558. The summed E-state index contributed by atoms with van der Waals surface area (Å²) < 4.78 is 14.3. The van der Waals surface area contributed by atoms with Crippen molar-refractivity contribution in [3.8, 4) is 0 Å². The van der Waals surface area contributed by atoms with Gasteiger partial charge in [-0.2, -0.15) is 10.2 Å². The number of carbonyl (C=O) groups is 2. The number of imidazole rings is 2. The summed E-state index contributed by atoms with van der Waals surface area (Å²) in [5.74, 6) is 3.35. The summed E-state index contributed by atoms with van der Waals surface area (Å²) in [6.07, 6.45) is 9.91. The molecule has 19 heteroatoms. The molecule has 4 saturated heterocycles. The van der Waals surface area contributed by atoms with Crippen LogP contribution in [0.4, 0.5) is 0 Å². The predicted octanol–water partition coefficient (Wildman–Crippen LogP) is 3.00. The Kier molecular flexibility index (Phi) is 12.7. The van der Waals surface area contributed by atoms with Crippen LogP contribution in [0.3, 0.4) is 0 Å². The number of hydrogen-bond acceptors (Lipinski definition) is 13. The van der Waals surface area contributed by atoms with Crippen LogP contribution in [0.1, 0.15) is 107 Å². The summed E-state index contributed by atoms with van der Waals surface area (Å²) in [4.78, 5) is 72.4. The average Bonchev–Trinajstić information content (AvgIpc) is 4.11. The first-order chi connectivity index (χ1) is 29.7. The number of amides is 1. The molecule has 10 rings (SSSR count). The molecule has 6 aromatic rings. The van der Waals surface area contributed by atoms with Gasteiger partial charge in [-0.3, -0.25) is 19.4 Å². The van der Waals surface area contributed by atoms with Crippen LogP contribution in [-0.2, 0) is 9.47 Å². The molecule has 19 nitrogen and oxygen atoms in total. The second-order valence-corrected chi connectivity index (χ2v) is 16.0. The highest BCUT2D eigenvalue weighted by Crippen LogP contribution is 2.32. The highest BCUT2D eigenvalue weighted by atomic mass is 16.5. The largest absolute Gasteiger partial charge is 0.477 e. The van der Waals surface area contributed by atoms with Crippen molar-refractivity contribution in [2.24, 2.45) is 11.8 Å². The Hall–Kier alpha value is -6.18. The first-order valence-electron chi connectivity index (χ1n) is 20.8. The molecule has 61 heavy (non-hydrogen) atoms. The molecule has 0 aromatic carbocycles. The van der Waals surface area contributed by atoms with E-state index >= 15 is 0 Å². The van der Waals surface area contributed by atoms with Crippen LogP contribution >= 0.6 is 0 Å². The van der Waals surface area contributed by atoms with Crippen molar-refractivity contribution >= 4 is 22.9 Å². The third kappa shape index (κ3) is 9.13. The van der Waals surface area contributed by atoms with Gasteiger partial charge in [0.15, 0.2) is 11.0 Å². The van der Waals surface area contributed by atoms with E-state index in [4.69, 9.17) is 24.8 Å². The number of aromatic carboxylic acids is 1. The van der Waals surface area contributed by atoms with Gasteiger partial charge < -0.3 is 34.8 Å². The Morgan fingerprint density at radius 1 is 0.672 bits per heavy atom. The number of fused-ring (bicyclic) bond motifs is 2. The maximum Gasteiger partial charge on any atom is 0.354 e. The van der Waals surface area contributed by atoms with E-state index in [1.54, 1.807) is 62.9 Å². The lowest BCUT2D eigenvalue weighted by atomic mass is 9.97. The molecule has 0 aliphatic carbocycles. The van der Waals surface area contributed by atoms with Crippen molar-refractivity contribution in [1.29, 1.82) is 0 Å². The number of nitrogens with zero attached hydrogens (tertiary/aromatic N) is 9. The molecule has 4 aliphatic heterocycles. The molecule has 0 bridgehead atoms. The van der Waals surface area contributed by atoms with E-state index < -0.39 is 5.97 Å². The predicted molar refractivity (Wildman–Crippen MR) is 221 cm³/mol. The highest BCUT2D eigenvalue weighted by molar-refractivity contribution is 5.92. The van der Waals surface area contributed by atoms with E-state index in [0.29, 0.717) is 60.7 Å². The number of carbonyl (C=O) groups excluding carboxylic acids is 1. The number of carboxylic acids is 1. The van der Waals surface area contributed by atoms with E-state index in [2.05, 4.69) is 49.1 Å². The average molecular weight is 835 g/mol. The van der Waals surface area contributed by atoms with Gasteiger partial charge >= 0.3 is 5.97 Å². The van der Waals surface area contributed by atoms with Crippen LogP contribution in [0.15, 0.2) is 70.8 Å². The number of rotatable bonds is 6. The molecule has 0 saturated carbocycles. The van der Waals surface area contributed by atoms with Gasteiger partial charge in [0.25, 0.3) is 17.0 Å². The zero-order valence-corrected chi connectivity index (χ0v) is 34.1. The lowest BCUT2D eigenvalue weighted by Crippen LogP contribution is -2.30. The van der Waals surface area contributed by atoms with Gasteiger partial charge in [0.05, 0.1) is 12.4 Å². The lowest BCUT2D eigenvalue weighted by Gasteiger charge is -2.21. The number of pyridine rings is 2. The van der Waals surface area contributed by atoms with Gasteiger partial charge in [-0.25, -0.2) is 28.8 Å². The number of aromatic nitrogens is 10. The number of hydrogen-bond donors (Lipinski definition) is 4. The van der Waals surface area contributed by atoms with E-state index in [-0.39, 0.29) is 46.4 Å². The number of likely N-dealkylation sites (tertiary alicyclic amines) is 1. The third-order valence-corrected chi connectivity index (χ3v) is 12.0. The smallest absolute Gasteiger partial charge is 0.354 e. The second kappa shape index (κ2) is 18.6. The van der Waals surface area contributed by atoms with Crippen molar-refractivity contribution in [2.45, 2.75) is 63.2 Å².